The molecule has 0 aliphatic heterocycles. The summed E-state index contributed by atoms with van der Waals surface area (Å²) in [5.74, 6) is 0.288. The number of hydrogen-bond acceptors (Lipinski definition) is 3. The fourth-order valence-electron chi connectivity index (χ4n) is 2.71. The third-order valence-corrected chi connectivity index (χ3v) is 3.78. The van der Waals surface area contributed by atoms with Crippen molar-refractivity contribution in [3.63, 3.8) is 0 Å². The molecule has 2 N–H and O–H groups in total. The van der Waals surface area contributed by atoms with E-state index in [-0.39, 0.29) is 5.75 Å². The van der Waals surface area contributed by atoms with Crippen LogP contribution in [-0.2, 0) is 6.54 Å². The minimum Gasteiger partial charge on any atom is -0.508 e. The first kappa shape index (κ1) is 12.8. The molecule has 0 saturated carbocycles. The minimum atomic E-state index is 0.288. The van der Waals surface area contributed by atoms with E-state index in [1.54, 1.807) is 12.1 Å². The van der Waals surface area contributed by atoms with Gasteiger partial charge in [0.15, 0.2) is 0 Å². The van der Waals surface area contributed by atoms with Gasteiger partial charge in [0.25, 0.3) is 0 Å². The summed E-state index contributed by atoms with van der Waals surface area (Å²) in [5, 5.41) is 15.1. The van der Waals surface area contributed by atoms with Crippen molar-refractivity contribution in [1.29, 1.82) is 0 Å². The molecule has 0 aliphatic rings. The maximum Gasteiger partial charge on any atom is 0.135 e. The first-order valence-electron chi connectivity index (χ1n) is 7.23. The molecular weight excluding hydrogens is 274 g/mol. The number of aromatic hydroxyl groups is 1. The maximum atomic E-state index is 9.50. The second-order valence-electron chi connectivity index (χ2n) is 5.33. The molecule has 4 rings (SSSR count). The lowest BCUT2D eigenvalue weighted by atomic mass is 10.1. The highest BCUT2D eigenvalue weighted by Crippen LogP contribution is 2.30. The predicted octanol–water partition coefficient (Wildman–Crippen LogP) is 4.90. The molecule has 0 bridgehead atoms. The van der Waals surface area contributed by atoms with Gasteiger partial charge in [-0.25, -0.2) is 0 Å². The normalized spacial score (nSPS) is 11.1. The van der Waals surface area contributed by atoms with Gasteiger partial charge in [-0.05, 0) is 42.0 Å². The number of hydrogen-bond donors (Lipinski definition) is 2. The van der Waals surface area contributed by atoms with Crippen LogP contribution in [-0.4, -0.2) is 5.11 Å². The Balaban J connectivity index is 1.66. The fourth-order valence-corrected chi connectivity index (χ4v) is 2.71. The molecule has 0 amide bonds. The molecular formula is C19H15NO2. The van der Waals surface area contributed by atoms with E-state index in [0.717, 1.165) is 33.2 Å². The number of para-hydroxylation sites is 1. The number of phenols is 1. The van der Waals surface area contributed by atoms with Gasteiger partial charge in [-0.15, -0.1) is 0 Å². The van der Waals surface area contributed by atoms with Gasteiger partial charge in [-0.2, -0.15) is 0 Å². The van der Waals surface area contributed by atoms with Crippen LogP contribution >= 0.6 is 0 Å². The third kappa shape index (κ3) is 2.27. The van der Waals surface area contributed by atoms with Crippen LogP contribution in [0.25, 0.3) is 21.9 Å². The number of fused-ring (bicyclic) bond motifs is 3. The van der Waals surface area contributed by atoms with Crippen LogP contribution in [0.5, 0.6) is 5.75 Å². The van der Waals surface area contributed by atoms with E-state index in [1.165, 1.54) is 0 Å². The summed E-state index contributed by atoms with van der Waals surface area (Å²) in [6.07, 6.45) is 0. The number of rotatable bonds is 3. The van der Waals surface area contributed by atoms with Crippen molar-refractivity contribution in [1.82, 2.24) is 0 Å². The summed E-state index contributed by atoms with van der Waals surface area (Å²) in [4.78, 5) is 0. The monoisotopic (exact) mass is 289 g/mol. The van der Waals surface area contributed by atoms with Gasteiger partial charge < -0.3 is 14.8 Å². The smallest absolute Gasteiger partial charge is 0.135 e. The van der Waals surface area contributed by atoms with E-state index in [2.05, 4.69) is 17.4 Å². The van der Waals surface area contributed by atoms with Crippen LogP contribution in [0.2, 0.25) is 0 Å². The van der Waals surface area contributed by atoms with Gasteiger partial charge in [0, 0.05) is 23.0 Å². The molecule has 3 nitrogen and oxygen atoms in total. The van der Waals surface area contributed by atoms with Crippen molar-refractivity contribution in [2.75, 3.05) is 5.32 Å². The van der Waals surface area contributed by atoms with E-state index in [0.29, 0.717) is 6.54 Å². The second-order valence-corrected chi connectivity index (χ2v) is 5.33. The number of benzene rings is 3. The van der Waals surface area contributed by atoms with Crippen LogP contribution in [0.3, 0.4) is 0 Å². The highest BCUT2D eigenvalue weighted by Gasteiger charge is 2.06. The molecule has 22 heavy (non-hydrogen) atoms. The summed E-state index contributed by atoms with van der Waals surface area (Å²) in [5.41, 5.74) is 3.87. The zero-order chi connectivity index (χ0) is 14.9. The van der Waals surface area contributed by atoms with Crippen molar-refractivity contribution in [2.24, 2.45) is 0 Å². The third-order valence-electron chi connectivity index (χ3n) is 3.78. The van der Waals surface area contributed by atoms with Gasteiger partial charge in [0.1, 0.15) is 16.9 Å². The van der Waals surface area contributed by atoms with Crippen LogP contribution in [0.15, 0.2) is 71.1 Å². The Morgan fingerprint density at radius 3 is 2.59 bits per heavy atom. The molecule has 1 heterocycles. The largest absolute Gasteiger partial charge is 0.508 e. The lowest BCUT2D eigenvalue weighted by molar-refractivity contribution is 0.474. The molecule has 0 atom stereocenters. The van der Waals surface area contributed by atoms with Crippen LogP contribution < -0.4 is 5.32 Å². The number of anilines is 1. The van der Waals surface area contributed by atoms with E-state index < -0.39 is 0 Å². The zero-order valence-electron chi connectivity index (χ0n) is 11.9. The van der Waals surface area contributed by atoms with Gasteiger partial charge in [0.05, 0.1) is 0 Å². The summed E-state index contributed by atoms with van der Waals surface area (Å²) in [6, 6.07) is 21.4. The Labute approximate surface area is 127 Å². The van der Waals surface area contributed by atoms with Gasteiger partial charge in [0.2, 0.25) is 0 Å². The quantitative estimate of drug-likeness (QED) is 0.563. The Kier molecular flexibility index (Phi) is 2.97. The predicted molar refractivity (Wildman–Crippen MR) is 89.2 cm³/mol. The summed E-state index contributed by atoms with van der Waals surface area (Å²) >= 11 is 0. The highest BCUT2D eigenvalue weighted by atomic mass is 16.3. The van der Waals surface area contributed by atoms with Crippen molar-refractivity contribution >= 4 is 27.6 Å². The summed E-state index contributed by atoms with van der Waals surface area (Å²) < 4.78 is 5.83. The van der Waals surface area contributed by atoms with Gasteiger partial charge in [-0.3, -0.25) is 0 Å². The molecule has 0 aliphatic carbocycles. The first-order chi connectivity index (χ1) is 10.8. The zero-order valence-corrected chi connectivity index (χ0v) is 11.9. The van der Waals surface area contributed by atoms with Crippen LogP contribution in [0.4, 0.5) is 5.69 Å². The molecule has 3 heteroatoms. The lowest BCUT2D eigenvalue weighted by Gasteiger charge is -2.07. The molecule has 4 aromatic rings. The average molecular weight is 289 g/mol. The van der Waals surface area contributed by atoms with Gasteiger partial charge >= 0.3 is 0 Å². The topological polar surface area (TPSA) is 45.4 Å². The number of phenolic OH excluding ortho intramolecular Hbond substituents is 1. The van der Waals surface area contributed by atoms with Crippen LogP contribution in [0, 0.1) is 0 Å². The second kappa shape index (κ2) is 5.11. The van der Waals surface area contributed by atoms with Gasteiger partial charge in [-0.1, -0.05) is 30.3 Å². The summed E-state index contributed by atoms with van der Waals surface area (Å²) in [7, 11) is 0. The molecule has 0 fully saturated rings. The minimum absolute atomic E-state index is 0.288. The highest BCUT2D eigenvalue weighted by molar-refractivity contribution is 6.05. The Morgan fingerprint density at radius 2 is 1.68 bits per heavy atom. The molecule has 108 valence electrons. The molecule has 0 radical (unpaired) electrons. The Bertz CT molecular complexity index is 956. The van der Waals surface area contributed by atoms with E-state index in [4.69, 9.17) is 4.42 Å². The summed E-state index contributed by atoms with van der Waals surface area (Å²) in [6.45, 7) is 0.662. The molecule has 1 aromatic heterocycles. The average Bonchev–Trinajstić information content (AvgIpc) is 2.91. The van der Waals surface area contributed by atoms with Crippen molar-refractivity contribution < 1.29 is 9.52 Å². The lowest BCUT2D eigenvalue weighted by Crippen LogP contribution is -1.98. The number of furan rings is 1. The Morgan fingerprint density at radius 1 is 0.818 bits per heavy atom. The van der Waals surface area contributed by atoms with Crippen molar-refractivity contribution in [3.8, 4) is 5.75 Å². The van der Waals surface area contributed by atoms with E-state index >= 15 is 0 Å². The molecule has 3 aromatic carbocycles. The van der Waals surface area contributed by atoms with Crippen molar-refractivity contribution in [3.05, 3.63) is 72.3 Å². The SMILES string of the molecule is Oc1cccc(CNc2ccc3oc4ccccc4c3c2)c1. The van der Waals surface area contributed by atoms with E-state index in [9.17, 15) is 5.11 Å². The van der Waals surface area contributed by atoms with Crippen molar-refractivity contribution in [2.45, 2.75) is 6.54 Å². The fraction of sp³-hybridized carbons (Fsp3) is 0.0526. The van der Waals surface area contributed by atoms with E-state index in [1.807, 2.05) is 42.5 Å². The standard InChI is InChI=1S/C19H15NO2/c21-15-5-3-4-13(10-15)12-20-14-8-9-19-17(11-14)16-6-1-2-7-18(16)22-19/h1-11,20-21H,12H2. The van der Waals surface area contributed by atoms with Crippen LogP contribution in [0.1, 0.15) is 5.56 Å². The molecule has 0 unspecified atom stereocenters. The first-order valence-corrected chi connectivity index (χ1v) is 7.23. The maximum absolute atomic E-state index is 9.50. The number of nitrogens with one attached hydrogen (secondary N) is 1. The Hall–Kier alpha value is -2.94. The molecule has 0 spiro atoms. The molecule has 0 saturated heterocycles.